The molecule has 7 heteroatoms. The molecule has 0 heterocycles. The van der Waals surface area contributed by atoms with Crippen molar-refractivity contribution in [3.63, 3.8) is 0 Å². The molecule has 3 aromatic carbocycles. The van der Waals surface area contributed by atoms with Crippen LogP contribution in [-0.2, 0) is 10.8 Å². The number of nitrogens with one attached hydrogen (secondary N) is 1. The van der Waals surface area contributed by atoms with Crippen LogP contribution in [0.5, 0.6) is 11.5 Å². The molecule has 0 aliphatic heterocycles. The first-order valence-electron chi connectivity index (χ1n) is 8.17. The van der Waals surface area contributed by atoms with Gasteiger partial charge in [0.1, 0.15) is 11.4 Å². The lowest BCUT2D eigenvalue weighted by molar-refractivity contribution is -0.384. The van der Waals surface area contributed by atoms with Crippen LogP contribution in [0.2, 0.25) is 0 Å². The Morgan fingerprint density at radius 1 is 1.00 bits per heavy atom. The highest BCUT2D eigenvalue weighted by atomic mass is 32.2. The summed E-state index contributed by atoms with van der Waals surface area (Å²) in [5, 5.41) is 14.2. The Morgan fingerprint density at radius 2 is 1.67 bits per heavy atom. The molecule has 0 fully saturated rings. The van der Waals surface area contributed by atoms with Gasteiger partial charge in [0.2, 0.25) is 0 Å². The maximum atomic E-state index is 12.2. The third-order valence-electron chi connectivity index (χ3n) is 4.03. The number of nitro groups is 1. The molecule has 0 amide bonds. The second kappa shape index (κ2) is 8.01. The molecule has 27 heavy (non-hydrogen) atoms. The number of hydrogen-bond acceptors (Lipinski definition) is 5. The Balaban J connectivity index is 2.12. The zero-order valence-electron chi connectivity index (χ0n) is 14.8. The van der Waals surface area contributed by atoms with Gasteiger partial charge in [0.25, 0.3) is 5.69 Å². The average Bonchev–Trinajstić information content (AvgIpc) is 2.68. The molecule has 0 aliphatic rings. The van der Waals surface area contributed by atoms with Crippen LogP contribution in [0, 0.1) is 10.1 Å². The number of benzene rings is 3. The second-order valence-electron chi connectivity index (χ2n) is 5.74. The van der Waals surface area contributed by atoms with E-state index in [9.17, 15) is 14.3 Å². The molecular weight excluding hydrogens is 364 g/mol. The van der Waals surface area contributed by atoms with E-state index >= 15 is 0 Å². The van der Waals surface area contributed by atoms with Crippen molar-refractivity contribution in [3.8, 4) is 22.6 Å². The largest absolute Gasteiger partial charge is 0.455 e. The fraction of sp³-hybridized carbons (Fsp3) is 0.100. The fourth-order valence-corrected chi connectivity index (χ4v) is 3.40. The van der Waals surface area contributed by atoms with Crippen LogP contribution in [0.15, 0.2) is 71.6 Å². The summed E-state index contributed by atoms with van der Waals surface area (Å²) in [5.41, 5.74) is 1.94. The van der Waals surface area contributed by atoms with Gasteiger partial charge in [0, 0.05) is 18.9 Å². The first kappa shape index (κ1) is 18.6. The van der Waals surface area contributed by atoms with Crippen LogP contribution in [0.25, 0.3) is 11.1 Å². The minimum Gasteiger partial charge on any atom is -0.455 e. The minimum absolute atomic E-state index is 0.140. The number of anilines is 1. The molecule has 0 saturated carbocycles. The van der Waals surface area contributed by atoms with Crippen LogP contribution in [0.4, 0.5) is 11.4 Å². The number of hydrogen-bond donors (Lipinski definition) is 1. The summed E-state index contributed by atoms with van der Waals surface area (Å²) in [4.78, 5) is 11.3. The number of nitro benzene ring substituents is 1. The van der Waals surface area contributed by atoms with Crippen molar-refractivity contribution in [1.29, 1.82) is 0 Å². The topological polar surface area (TPSA) is 81.5 Å². The van der Waals surface area contributed by atoms with Crippen LogP contribution in [0.1, 0.15) is 0 Å². The van der Waals surface area contributed by atoms with Gasteiger partial charge in [0.05, 0.1) is 26.7 Å². The Kier molecular flexibility index (Phi) is 5.52. The van der Waals surface area contributed by atoms with E-state index in [1.807, 2.05) is 48.5 Å². The summed E-state index contributed by atoms with van der Waals surface area (Å²) in [6.07, 6.45) is 1.51. The second-order valence-corrected chi connectivity index (χ2v) is 7.09. The minimum atomic E-state index is -1.39. The lowest BCUT2D eigenvalue weighted by Crippen LogP contribution is -2.01. The van der Waals surface area contributed by atoms with Crippen LogP contribution in [0.3, 0.4) is 0 Å². The van der Waals surface area contributed by atoms with Gasteiger partial charge in [-0.05, 0) is 17.7 Å². The summed E-state index contributed by atoms with van der Waals surface area (Å²) in [6.45, 7) is 0. The van der Waals surface area contributed by atoms with Crippen LogP contribution >= 0.6 is 0 Å². The van der Waals surface area contributed by atoms with E-state index < -0.39 is 15.7 Å². The first-order valence-corrected chi connectivity index (χ1v) is 9.73. The maximum absolute atomic E-state index is 12.2. The molecule has 0 aliphatic carbocycles. The summed E-state index contributed by atoms with van der Waals surface area (Å²) in [6, 6.07) is 19.9. The molecule has 0 saturated heterocycles. The van der Waals surface area contributed by atoms with Crippen LogP contribution < -0.4 is 10.1 Å². The molecule has 0 aromatic heterocycles. The molecule has 1 unspecified atom stereocenters. The first-order chi connectivity index (χ1) is 13.0. The maximum Gasteiger partial charge on any atom is 0.296 e. The Hall–Kier alpha value is -3.19. The molecular formula is C20H18N2O4S. The van der Waals surface area contributed by atoms with Gasteiger partial charge in [0.15, 0.2) is 5.75 Å². The van der Waals surface area contributed by atoms with Crippen molar-refractivity contribution in [2.45, 2.75) is 4.90 Å². The van der Waals surface area contributed by atoms with E-state index in [1.165, 1.54) is 18.4 Å². The number of nitrogens with zero attached hydrogens (tertiary/aromatic N) is 1. The smallest absolute Gasteiger partial charge is 0.296 e. The predicted octanol–water partition coefficient (Wildman–Crippen LogP) is 4.83. The molecule has 3 aromatic rings. The highest BCUT2D eigenvalue weighted by Crippen LogP contribution is 2.39. The Labute approximate surface area is 159 Å². The lowest BCUT2D eigenvalue weighted by atomic mass is 10.0. The van der Waals surface area contributed by atoms with E-state index in [-0.39, 0.29) is 17.1 Å². The Bertz CT molecular complexity index is 1010. The number of para-hydroxylation sites is 1. The van der Waals surface area contributed by atoms with E-state index in [1.54, 1.807) is 13.1 Å². The zero-order chi connectivity index (χ0) is 19.4. The summed E-state index contributed by atoms with van der Waals surface area (Å²) >= 11 is 0. The van der Waals surface area contributed by atoms with E-state index in [0.717, 1.165) is 11.1 Å². The quantitative estimate of drug-likeness (QED) is 0.488. The molecule has 138 valence electrons. The normalized spacial score (nSPS) is 11.6. The van der Waals surface area contributed by atoms with Gasteiger partial charge in [-0.3, -0.25) is 14.3 Å². The van der Waals surface area contributed by atoms with Gasteiger partial charge in [-0.15, -0.1) is 0 Å². The predicted molar refractivity (Wildman–Crippen MR) is 107 cm³/mol. The monoisotopic (exact) mass is 382 g/mol. The Morgan fingerprint density at radius 3 is 2.30 bits per heavy atom. The van der Waals surface area contributed by atoms with Gasteiger partial charge in [-0.2, -0.15) is 0 Å². The van der Waals surface area contributed by atoms with Gasteiger partial charge in [-0.25, -0.2) is 0 Å². The number of rotatable bonds is 6. The van der Waals surface area contributed by atoms with Crippen molar-refractivity contribution >= 4 is 22.2 Å². The molecule has 0 radical (unpaired) electrons. The van der Waals surface area contributed by atoms with E-state index in [2.05, 4.69) is 5.32 Å². The molecule has 3 rings (SSSR count). The molecule has 1 atom stereocenters. The van der Waals surface area contributed by atoms with Gasteiger partial charge >= 0.3 is 0 Å². The van der Waals surface area contributed by atoms with E-state index in [0.29, 0.717) is 10.6 Å². The summed E-state index contributed by atoms with van der Waals surface area (Å²) in [5.74, 6) is 0.729. The molecule has 1 N–H and O–H groups in total. The van der Waals surface area contributed by atoms with Crippen molar-refractivity contribution in [1.82, 2.24) is 0 Å². The van der Waals surface area contributed by atoms with Crippen molar-refractivity contribution in [3.05, 3.63) is 76.8 Å². The highest BCUT2D eigenvalue weighted by Gasteiger charge is 2.21. The third kappa shape index (κ3) is 3.98. The zero-order valence-corrected chi connectivity index (χ0v) is 15.7. The van der Waals surface area contributed by atoms with E-state index in [4.69, 9.17) is 4.74 Å². The van der Waals surface area contributed by atoms with Crippen LogP contribution in [-0.4, -0.2) is 22.4 Å². The molecule has 6 nitrogen and oxygen atoms in total. The number of ether oxygens (including phenoxy) is 1. The highest BCUT2D eigenvalue weighted by molar-refractivity contribution is 7.84. The molecule has 0 bridgehead atoms. The van der Waals surface area contributed by atoms with Gasteiger partial charge < -0.3 is 10.1 Å². The van der Waals surface area contributed by atoms with Gasteiger partial charge in [-0.1, -0.05) is 48.5 Å². The van der Waals surface area contributed by atoms with Crippen molar-refractivity contribution in [2.24, 2.45) is 0 Å². The third-order valence-corrected chi connectivity index (χ3v) is 4.97. The SMILES string of the molecule is CNc1cc(S(C)=O)c(Oc2ccccc2-c2ccccc2)cc1[N+](=O)[O-]. The van der Waals surface area contributed by atoms with Crippen molar-refractivity contribution in [2.75, 3.05) is 18.6 Å². The lowest BCUT2D eigenvalue weighted by Gasteiger charge is -2.15. The van der Waals surface area contributed by atoms with Crippen molar-refractivity contribution < 1.29 is 13.9 Å². The summed E-state index contributed by atoms with van der Waals surface area (Å²) in [7, 11) is 0.193. The average molecular weight is 382 g/mol. The molecule has 0 spiro atoms. The fourth-order valence-electron chi connectivity index (χ4n) is 2.74. The standard InChI is InChI=1S/C20H18N2O4S/c1-21-16-12-20(27(2)25)19(13-17(16)22(23)24)26-18-11-7-6-10-15(18)14-8-4-3-5-9-14/h3-13,21H,1-2H3. The summed E-state index contributed by atoms with van der Waals surface area (Å²) < 4.78 is 18.2.